The van der Waals surface area contributed by atoms with E-state index < -0.39 is 18.0 Å². The van der Waals surface area contributed by atoms with E-state index in [1.165, 1.54) is 0 Å². The van der Waals surface area contributed by atoms with Gasteiger partial charge in [-0.1, -0.05) is 37.3 Å². The highest BCUT2D eigenvalue weighted by Gasteiger charge is 2.20. The molecule has 0 aliphatic rings. The van der Waals surface area contributed by atoms with Gasteiger partial charge in [0, 0.05) is 0 Å². The minimum atomic E-state index is -0.837. The minimum Gasteiger partial charge on any atom is -0.481 e. The van der Waals surface area contributed by atoms with E-state index in [2.05, 4.69) is 0 Å². The molecule has 0 saturated carbocycles. The lowest BCUT2D eigenvalue weighted by Crippen LogP contribution is -2.22. The Morgan fingerprint density at radius 1 is 1.31 bits per heavy atom. The van der Waals surface area contributed by atoms with Gasteiger partial charge in [-0.3, -0.25) is 4.79 Å². The van der Waals surface area contributed by atoms with Crippen molar-refractivity contribution in [2.45, 2.75) is 32.3 Å². The third-order valence-corrected chi connectivity index (χ3v) is 2.70. The van der Waals surface area contributed by atoms with E-state index in [1.807, 2.05) is 37.3 Å². The highest BCUT2D eigenvalue weighted by atomic mass is 16.4. The molecule has 0 spiro atoms. The van der Waals surface area contributed by atoms with Crippen LogP contribution in [0.5, 0.6) is 0 Å². The molecular formula is C13H18O3. The van der Waals surface area contributed by atoms with E-state index in [-0.39, 0.29) is 0 Å². The average molecular weight is 222 g/mol. The SMILES string of the molecule is CCC(O)CC(Cc1ccccc1)C(=O)O. The number of carboxylic acid groups (broad SMARTS) is 1. The molecule has 3 nitrogen and oxygen atoms in total. The smallest absolute Gasteiger partial charge is 0.306 e. The molecule has 0 aliphatic heterocycles. The fourth-order valence-corrected chi connectivity index (χ4v) is 1.67. The second-order valence-electron chi connectivity index (χ2n) is 4.02. The first kappa shape index (κ1) is 12.7. The number of aliphatic carboxylic acids is 1. The second-order valence-corrected chi connectivity index (χ2v) is 4.02. The van der Waals surface area contributed by atoms with E-state index in [0.717, 1.165) is 5.56 Å². The topological polar surface area (TPSA) is 57.5 Å². The van der Waals surface area contributed by atoms with Gasteiger partial charge in [0.2, 0.25) is 0 Å². The normalized spacial score (nSPS) is 14.4. The first-order valence-corrected chi connectivity index (χ1v) is 5.58. The van der Waals surface area contributed by atoms with Gasteiger partial charge in [0.25, 0.3) is 0 Å². The van der Waals surface area contributed by atoms with Crippen LogP contribution in [0.4, 0.5) is 0 Å². The van der Waals surface area contributed by atoms with Crippen molar-refractivity contribution in [1.29, 1.82) is 0 Å². The zero-order chi connectivity index (χ0) is 12.0. The number of carboxylic acids is 1. The highest BCUT2D eigenvalue weighted by Crippen LogP contribution is 2.16. The number of benzene rings is 1. The predicted octanol–water partition coefficient (Wildman–Crippen LogP) is 2.09. The lowest BCUT2D eigenvalue weighted by atomic mass is 9.93. The molecule has 0 radical (unpaired) electrons. The van der Waals surface area contributed by atoms with Crippen LogP contribution < -0.4 is 0 Å². The van der Waals surface area contributed by atoms with Crippen molar-refractivity contribution in [2.24, 2.45) is 5.92 Å². The van der Waals surface area contributed by atoms with Crippen LogP contribution in [0, 0.1) is 5.92 Å². The van der Waals surface area contributed by atoms with Crippen LogP contribution in [0.2, 0.25) is 0 Å². The second kappa shape index (κ2) is 6.28. The van der Waals surface area contributed by atoms with Crippen molar-refractivity contribution in [3.63, 3.8) is 0 Å². The summed E-state index contributed by atoms with van der Waals surface area (Å²) in [7, 11) is 0. The molecule has 16 heavy (non-hydrogen) atoms. The van der Waals surface area contributed by atoms with E-state index in [9.17, 15) is 9.90 Å². The maximum absolute atomic E-state index is 11.0. The lowest BCUT2D eigenvalue weighted by Gasteiger charge is -2.15. The van der Waals surface area contributed by atoms with E-state index >= 15 is 0 Å². The summed E-state index contributed by atoms with van der Waals surface area (Å²) >= 11 is 0. The van der Waals surface area contributed by atoms with Gasteiger partial charge in [-0.2, -0.15) is 0 Å². The summed E-state index contributed by atoms with van der Waals surface area (Å²) in [6, 6.07) is 9.51. The molecule has 0 aromatic heterocycles. The van der Waals surface area contributed by atoms with E-state index in [0.29, 0.717) is 19.3 Å². The summed E-state index contributed by atoms with van der Waals surface area (Å²) in [5.74, 6) is -1.34. The van der Waals surface area contributed by atoms with Crippen LogP contribution in [0.25, 0.3) is 0 Å². The fraction of sp³-hybridized carbons (Fsp3) is 0.462. The molecule has 88 valence electrons. The minimum absolute atomic E-state index is 0.320. The Morgan fingerprint density at radius 3 is 2.44 bits per heavy atom. The van der Waals surface area contributed by atoms with Crippen molar-refractivity contribution in [3.8, 4) is 0 Å². The number of aliphatic hydroxyl groups excluding tert-OH is 1. The van der Waals surface area contributed by atoms with Gasteiger partial charge in [0.1, 0.15) is 0 Å². The fourth-order valence-electron chi connectivity index (χ4n) is 1.67. The van der Waals surface area contributed by atoms with Crippen molar-refractivity contribution >= 4 is 5.97 Å². The van der Waals surface area contributed by atoms with Gasteiger partial charge in [-0.05, 0) is 24.8 Å². The van der Waals surface area contributed by atoms with Crippen molar-refractivity contribution < 1.29 is 15.0 Å². The van der Waals surface area contributed by atoms with Crippen LogP contribution in [-0.4, -0.2) is 22.3 Å². The Labute approximate surface area is 95.7 Å². The maximum atomic E-state index is 11.0. The average Bonchev–Trinajstić information content (AvgIpc) is 2.29. The van der Waals surface area contributed by atoms with Crippen LogP contribution in [-0.2, 0) is 11.2 Å². The standard InChI is InChI=1S/C13H18O3/c1-2-12(14)9-11(13(15)16)8-10-6-4-3-5-7-10/h3-7,11-12,14H,2,8-9H2,1H3,(H,15,16). The number of hydrogen-bond donors (Lipinski definition) is 2. The molecule has 0 heterocycles. The molecule has 0 bridgehead atoms. The molecule has 0 aliphatic carbocycles. The quantitative estimate of drug-likeness (QED) is 0.774. The van der Waals surface area contributed by atoms with Crippen LogP contribution in [0.3, 0.4) is 0 Å². The van der Waals surface area contributed by atoms with Gasteiger partial charge in [0.15, 0.2) is 0 Å². The predicted molar refractivity (Wildman–Crippen MR) is 62.2 cm³/mol. The summed E-state index contributed by atoms with van der Waals surface area (Å²) in [5, 5.41) is 18.6. The van der Waals surface area contributed by atoms with Crippen molar-refractivity contribution in [1.82, 2.24) is 0 Å². The zero-order valence-corrected chi connectivity index (χ0v) is 9.47. The Bertz CT molecular complexity index is 321. The highest BCUT2D eigenvalue weighted by molar-refractivity contribution is 5.70. The Morgan fingerprint density at radius 2 is 1.94 bits per heavy atom. The van der Waals surface area contributed by atoms with Crippen LogP contribution >= 0.6 is 0 Å². The zero-order valence-electron chi connectivity index (χ0n) is 9.47. The Kier molecular flexibility index (Phi) is 4.99. The third-order valence-electron chi connectivity index (χ3n) is 2.70. The number of carbonyl (C=O) groups is 1. The summed E-state index contributed by atoms with van der Waals surface area (Å²) in [6.45, 7) is 1.85. The number of rotatable bonds is 6. The van der Waals surface area contributed by atoms with E-state index in [1.54, 1.807) is 0 Å². The lowest BCUT2D eigenvalue weighted by molar-refractivity contribution is -0.142. The number of hydrogen-bond acceptors (Lipinski definition) is 2. The monoisotopic (exact) mass is 222 g/mol. The molecule has 1 rings (SSSR count). The molecule has 3 heteroatoms. The van der Waals surface area contributed by atoms with Gasteiger partial charge < -0.3 is 10.2 Å². The van der Waals surface area contributed by atoms with E-state index in [4.69, 9.17) is 5.11 Å². The van der Waals surface area contributed by atoms with Gasteiger partial charge in [-0.15, -0.1) is 0 Å². The Balaban J connectivity index is 2.62. The maximum Gasteiger partial charge on any atom is 0.306 e. The Hall–Kier alpha value is -1.35. The van der Waals surface area contributed by atoms with Crippen molar-refractivity contribution in [3.05, 3.63) is 35.9 Å². The van der Waals surface area contributed by atoms with Gasteiger partial charge >= 0.3 is 5.97 Å². The molecule has 1 aromatic rings. The summed E-state index contributed by atoms with van der Waals surface area (Å²) in [6.07, 6.45) is 0.872. The summed E-state index contributed by atoms with van der Waals surface area (Å²) in [5.41, 5.74) is 0.998. The molecule has 0 fully saturated rings. The molecule has 2 atom stereocenters. The number of aliphatic hydroxyl groups is 1. The molecule has 1 aromatic carbocycles. The van der Waals surface area contributed by atoms with Gasteiger partial charge in [-0.25, -0.2) is 0 Å². The van der Waals surface area contributed by atoms with Crippen LogP contribution in [0.15, 0.2) is 30.3 Å². The summed E-state index contributed by atoms with van der Waals surface area (Å²) < 4.78 is 0. The summed E-state index contributed by atoms with van der Waals surface area (Å²) in [4.78, 5) is 11.0. The third kappa shape index (κ3) is 4.03. The molecule has 0 saturated heterocycles. The first-order chi connectivity index (χ1) is 7.63. The molecule has 2 unspecified atom stereocenters. The molecule has 2 N–H and O–H groups in total. The first-order valence-electron chi connectivity index (χ1n) is 5.58. The van der Waals surface area contributed by atoms with Crippen LogP contribution in [0.1, 0.15) is 25.3 Å². The molecular weight excluding hydrogens is 204 g/mol. The molecule has 0 amide bonds. The van der Waals surface area contributed by atoms with Crippen molar-refractivity contribution in [2.75, 3.05) is 0 Å². The largest absolute Gasteiger partial charge is 0.481 e. The van der Waals surface area contributed by atoms with Gasteiger partial charge in [0.05, 0.1) is 12.0 Å².